The second-order valence-electron chi connectivity index (χ2n) is 6.47. The smallest absolute Gasteiger partial charge is 0.220 e. The van der Waals surface area contributed by atoms with Gasteiger partial charge in [-0.05, 0) is 57.1 Å². The highest BCUT2D eigenvalue weighted by atomic mass is 35.5. The molecule has 1 fully saturated rings. The number of halogens is 1. The number of nitrogens with zero attached hydrogens (tertiary/aromatic N) is 1. The van der Waals surface area contributed by atoms with Crippen LogP contribution in [0.15, 0.2) is 24.3 Å². The van der Waals surface area contributed by atoms with Crippen molar-refractivity contribution in [3.63, 3.8) is 0 Å². The van der Waals surface area contributed by atoms with Crippen molar-refractivity contribution in [1.82, 2.24) is 15.2 Å². The normalized spacial score (nSPS) is 19.1. The Bertz CT molecular complexity index is 682. The van der Waals surface area contributed by atoms with Crippen molar-refractivity contribution in [3.05, 3.63) is 35.0 Å². The van der Waals surface area contributed by atoms with Gasteiger partial charge in [-0.15, -0.1) is 0 Å². The third-order valence-corrected chi connectivity index (χ3v) is 4.98. The first-order chi connectivity index (χ1) is 11.1. The van der Waals surface area contributed by atoms with Gasteiger partial charge in [0.05, 0.1) is 6.54 Å². The zero-order chi connectivity index (χ0) is 16.2. The molecule has 1 amide bonds. The van der Waals surface area contributed by atoms with Crippen molar-refractivity contribution in [1.29, 1.82) is 0 Å². The van der Waals surface area contributed by atoms with Gasteiger partial charge in [0.15, 0.2) is 0 Å². The average Bonchev–Trinajstić information content (AvgIpc) is 2.94. The average molecular weight is 334 g/mol. The lowest BCUT2D eigenvalue weighted by atomic mass is 9.98. The maximum absolute atomic E-state index is 12.1. The SMILES string of the molecule is CN1CCCC[C@@H]1CCC(=O)NCc1cc2cc(Cl)ccc2[nH]1. The van der Waals surface area contributed by atoms with Gasteiger partial charge in [-0.1, -0.05) is 18.0 Å². The van der Waals surface area contributed by atoms with Crippen LogP contribution in [0.5, 0.6) is 0 Å². The number of amides is 1. The molecule has 0 spiro atoms. The van der Waals surface area contributed by atoms with Crippen molar-refractivity contribution in [2.75, 3.05) is 13.6 Å². The van der Waals surface area contributed by atoms with Crippen LogP contribution in [0.3, 0.4) is 0 Å². The van der Waals surface area contributed by atoms with Gasteiger partial charge in [0.25, 0.3) is 0 Å². The second kappa shape index (κ2) is 7.37. The Kier molecular flexibility index (Phi) is 5.23. The van der Waals surface area contributed by atoms with Crippen LogP contribution in [-0.4, -0.2) is 35.4 Å². The Morgan fingerprint density at radius 3 is 3.09 bits per heavy atom. The molecule has 2 heterocycles. The minimum absolute atomic E-state index is 0.126. The molecule has 0 aliphatic carbocycles. The molecule has 0 unspecified atom stereocenters. The van der Waals surface area contributed by atoms with E-state index in [1.807, 2.05) is 24.3 Å². The van der Waals surface area contributed by atoms with E-state index >= 15 is 0 Å². The number of nitrogens with one attached hydrogen (secondary N) is 2. The lowest BCUT2D eigenvalue weighted by molar-refractivity contribution is -0.121. The van der Waals surface area contributed by atoms with Gasteiger partial charge < -0.3 is 15.2 Å². The van der Waals surface area contributed by atoms with Crippen molar-refractivity contribution in [2.45, 2.75) is 44.7 Å². The summed E-state index contributed by atoms with van der Waals surface area (Å²) in [4.78, 5) is 17.8. The van der Waals surface area contributed by atoms with E-state index in [1.54, 1.807) is 0 Å². The summed E-state index contributed by atoms with van der Waals surface area (Å²) in [6.45, 7) is 1.69. The Labute approximate surface area is 142 Å². The number of carbonyl (C=O) groups excluding carboxylic acids is 1. The highest BCUT2D eigenvalue weighted by Crippen LogP contribution is 2.20. The van der Waals surface area contributed by atoms with E-state index in [0.717, 1.165) is 34.6 Å². The van der Waals surface area contributed by atoms with Gasteiger partial charge in [0.2, 0.25) is 5.91 Å². The molecular weight excluding hydrogens is 310 g/mol. The third-order valence-electron chi connectivity index (χ3n) is 4.74. The van der Waals surface area contributed by atoms with E-state index in [-0.39, 0.29) is 5.91 Å². The standard InChI is InChI=1S/C18H24ClN3O/c1-22-9-3-2-4-16(22)6-8-18(23)20-12-15-11-13-10-14(19)5-7-17(13)21-15/h5,7,10-11,16,21H,2-4,6,8-9,12H2,1H3,(H,20,23)/t16-/m1/s1. The fraction of sp³-hybridized carbons (Fsp3) is 0.500. The summed E-state index contributed by atoms with van der Waals surface area (Å²) in [5.41, 5.74) is 2.05. The van der Waals surface area contributed by atoms with Gasteiger partial charge >= 0.3 is 0 Å². The number of benzene rings is 1. The molecule has 1 aromatic heterocycles. The highest BCUT2D eigenvalue weighted by molar-refractivity contribution is 6.31. The summed E-state index contributed by atoms with van der Waals surface area (Å²) >= 11 is 5.99. The minimum Gasteiger partial charge on any atom is -0.357 e. The van der Waals surface area contributed by atoms with E-state index in [1.165, 1.54) is 19.3 Å². The number of aromatic amines is 1. The van der Waals surface area contributed by atoms with Crippen molar-refractivity contribution in [3.8, 4) is 0 Å². The summed E-state index contributed by atoms with van der Waals surface area (Å²) in [5.74, 6) is 0.126. The first-order valence-corrected chi connectivity index (χ1v) is 8.74. The van der Waals surface area contributed by atoms with Crippen LogP contribution in [0.1, 0.15) is 37.8 Å². The van der Waals surface area contributed by atoms with Crippen molar-refractivity contribution < 1.29 is 4.79 Å². The molecule has 1 aromatic carbocycles. The molecule has 1 saturated heterocycles. The summed E-state index contributed by atoms with van der Waals surface area (Å²) in [6, 6.07) is 8.35. The monoisotopic (exact) mass is 333 g/mol. The predicted octanol–water partition coefficient (Wildman–Crippen LogP) is 3.70. The molecule has 3 rings (SSSR count). The molecule has 0 bridgehead atoms. The van der Waals surface area contributed by atoms with E-state index in [4.69, 9.17) is 11.6 Å². The molecular formula is C18H24ClN3O. The van der Waals surface area contributed by atoms with Crippen LogP contribution in [-0.2, 0) is 11.3 Å². The molecule has 1 atom stereocenters. The van der Waals surface area contributed by atoms with E-state index in [9.17, 15) is 4.79 Å². The lowest BCUT2D eigenvalue weighted by Gasteiger charge is -2.32. The highest BCUT2D eigenvalue weighted by Gasteiger charge is 2.19. The minimum atomic E-state index is 0.126. The third kappa shape index (κ3) is 4.27. The number of hydrogen-bond donors (Lipinski definition) is 2. The molecule has 5 heteroatoms. The zero-order valence-corrected chi connectivity index (χ0v) is 14.3. The molecule has 4 nitrogen and oxygen atoms in total. The number of fused-ring (bicyclic) bond motifs is 1. The Morgan fingerprint density at radius 2 is 2.26 bits per heavy atom. The molecule has 2 aromatic rings. The zero-order valence-electron chi connectivity index (χ0n) is 13.6. The van der Waals surface area contributed by atoms with Crippen molar-refractivity contribution >= 4 is 28.4 Å². The molecule has 1 aliphatic rings. The van der Waals surface area contributed by atoms with Crippen LogP contribution in [0.2, 0.25) is 5.02 Å². The van der Waals surface area contributed by atoms with Gasteiger partial charge in [0, 0.05) is 34.1 Å². The van der Waals surface area contributed by atoms with E-state index < -0.39 is 0 Å². The topological polar surface area (TPSA) is 48.1 Å². The van der Waals surface area contributed by atoms with Gasteiger partial charge in [-0.2, -0.15) is 0 Å². The maximum atomic E-state index is 12.1. The maximum Gasteiger partial charge on any atom is 0.220 e. The summed E-state index contributed by atoms with van der Waals surface area (Å²) in [5, 5.41) is 4.81. The van der Waals surface area contributed by atoms with Crippen LogP contribution in [0.25, 0.3) is 10.9 Å². The molecule has 0 saturated carbocycles. The molecule has 2 N–H and O–H groups in total. The predicted molar refractivity (Wildman–Crippen MR) is 94.7 cm³/mol. The molecule has 1 aliphatic heterocycles. The van der Waals surface area contributed by atoms with E-state index in [0.29, 0.717) is 19.0 Å². The molecule has 23 heavy (non-hydrogen) atoms. The number of piperidine rings is 1. The summed E-state index contributed by atoms with van der Waals surface area (Å²) < 4.78 is 0. The van der Waals surface area contributed by atoms with Gasteiger partial charge in [-0.25, -0.2) is 0 Å². The molecule has 124 valence electrons. The summed E-state index contributed by atoms with van der Waals surface area (Å²) in [6.07, 6.45) is 5.33. The van der Waals surface area contributed by atoms with Gasteiger partial charge in [-0.3, -0.25) is 4.79 Å². The lowest BCUT2D eigenvalue weighted by Crippen LogP contribution is -2.37. The Morgan fingerprint density at radius 1 is 1.39 bits per heavy atom. The largest absolute Gasteiger partial charge is 0.357 e. The number of aromatic nitrogens is 1. The Hall–Kier alpha value is -1.52. The quantitative estimate of drug-likeness (QED) is 0.876. The van der Waals surface area contributed by atoms with Crippen LogP contribution >= 0.6 is 11.6 Å². The van der Waals surface area contributed by atoms with E-state index in [2.05, 4.69) is 22.2 Å². The number of rotatable bonds is 5. The Balaban J connectivity index is 1.48. The van der Waals surface area contributed by atoms with Gasteiger partial charge in [0.1, 0.15) is 0 Å². The van der Waals surface area contributed by atoms with Crippen LogP contribution in [0, 0.1) is 0 Å². The summed E-state index contributed by atoms with van der Waals surface area (Å²) in [7, 11) is 2.16. The fourth-order valence-corrected chi connectivity index (χ4v) is 3.53. The van der Waals surface area contributed by atoms with Crippen LogP contribution in [0.4, 0.5) is 0 Å². The number of likely N-dealkylation sites (tertiary alicyclic amines) is 1. The number of H-pyrrole nitrogens is 1. The van der Waals surface area contributed by atoms with Crippen LogP contribution < -0.4 is 5.32 Å². The fourth-order valence-electron chi connectivity index (χ4n) is 3.35. The first-order valence-electron chi connectivity index (χ1n) is 8.36. The number of carbonyl (C=O) groups is 1. The first kappa shape index (κ1) is 16.3. The second-order valence-corrected chi connectivity index (χ2v) is 6.91. The van der Waals surface area contributed by atoms with Crippen molar-refractivity contribution in [2.24, 2.45) is 0 Å². The number of hydrogen-bond acceptors (Lipinski definition) is 2. The molecule has 0 radical (unpaired) electrons.